The normalized spacial score (nSPS) is 36.4. The van der Waals surface area contributed by atoms with E-state index in [0.29, 0.717) is 29.4 Å². The van der Waals surface area contributed by atoms with Gasteiger partial charge in [-0.3, -0.25) is 4.79 Å². The van der Waals surface area contributed by atoms with Gasteiger partial charge in [0, 0.05) is 19.0 Å². The summed E-state index contributed by atoms with van der Waals surface area (Å²) in [6.45, 7) is 1.59. The van der Waals surface area contributed by atoms with Crippen LogP contribution in [0.2, 0.25) is 0 Å². The third-order valence-corrected chi connectivity index (χ3v) is 7.27. The zero-order valence-electron chi connectivity index (χ0n) is 14.7. The standard InChI is InChI=1S/C22H27NO2/c24-20-3-1-16(2-4-20)17-5-7-23(8-6-17)22(25)21-18-10-14-9-15(12-18)13-19(21)11-14/h1-5,14-15,18-19,21,24H,6-13H2. The minimum atomic E-state index is 0.304. The van der Waals surface area contributed by atoms with E-state index in [1.165, 1.54) is 43.2 Å². The molecule has 1 aromatic rings. The van der Waals surface area contributed by atoms with E-state index in [0.717, 1.165) is 31.3 Å². The van der Waals surface area contributed by atoms with Gasteiger partial charge >= 0.3 is 0 Å². The van der Waals surface area contributed by atoms with Gasteiger partial charge in [0.1, 0.15) is 5.75 Å². The highest BCUT2D eigenvalue weighted by molar-refractivity contribution is 5.81. The summed E-state index contributed by atoms with van der Waals surface area (Å²) in [6.07, 6.45) is 9.82. The van der Waals surface area contributed by atoms with Crippen molar-refractivity contribution in [2.45, 2.75) is 38.5 Å². The minimum absolute atomic E-state index is 0.304. The lowest BCUT2D eigenvalue weighted by molar-refractivity contribution is -0.148. The number of hydrogen-bond donors (Lipinski definition) is 1. The first-order valence-corrected chi connectivity index (χ1v) is 9.94. The quantitative estimate of drug-likeness (QED) is 0.883. The van der Waals surface area contributed by atoms with E-state index in [-0.39, 0.29) is 0 Å². The zero-order valence-corrected chi connectivity index (χ0v) is 14.7. The Balaban J connectivity index is 1.29. The lowest BCUT2D eigenvalue weighted by atomic mass is 9.51. The van der Waals surface area contributed by atoms with Gasteiger partial charge in [0.25, 0.3) is 0 Å². The van der Waals surface area contributed by atoms with Crippen LogP contribution in [-0.2, 0) is 4.79 Å². The molecule has 1 heterocycles. The molecule has 3 nitrogen and oxygen atoms in total. The largest absolute Gasteiger partial charge is 0.508 e. The number of carbonyl (C=O) groups excluding carboxylic acids is 1. The smallest absolute Gasteiger partial charge is 0.226 e. The number of phenols is 1. The summed E-state index contributed by atoms with van der Waals surface area (Å²) in [4.78, 5) is 15.3. The van der Waals surface area contributed by atoms with Gasteiger partial charge in [-0.2, -0.15) is 0 Å². The fourth-order valence-electron chi connectivity index (χ4n) is 6.35. The summed E-state index contributed by atoms with van der Waals surface area (Å²) in [5.41, 5.74) is 2.47. The van der Waals surface area contributed by atoms with E-state index in [2.05, 4.69) is 11.0 Å². The molecule has 0 saturated heterocycles. The van der Waals surface area contributed by atoms with E-state index in [1.807, 2.05) is 12.1 Å². The highest BCUT2D eigenvalue weighted by atomic mass is 16.3. The van der Waals surface area contributed by atoms with Gasteiger partial charge in [0.2, 0.25) is 5.91 Å². The predicted octanol–water partition coefficient (Wildman–Crippen LogP) is 4.08. The van der Waals surface area contributed by atoms with Crippen molar-refractivity contribution >= 4 is 11.5 Å². The summed E-state index contributed by atoms with van der Waals surface area (Å²) in [6, 6.07) is 7.41. The summed E-state index contributed by atoms with van der Waals surface area (Å²) in [5.74, 6) is 4.25. The van der Waals surface area contributed by atoms with Crippen LogP contribution < -0.4 is 0 Å². The number of amides is 1. The molecule has 0 radical (unpaired) electrons. The molecule has 132 valence electrons. The molecule has 1 aromatic carbocycles. The Hall–Kier alpha value is -1.77. The first-order chi connectivity index (χ1) is 12.2. The van der Waals surface area contributed by atoms with E-state index in [9.17, 15) is 9.90 Å². The first kappa shape index (κ1) is 15.5. The average molecular weight is 337 g/mol. The number of hydrogen-bond acceptors (Lipinski definition) is 2. The molecule has 0 unspecified atom stereocenters. The zero-order chi connectivity index (χ0) is 17.0. The molecule has 0 spiro atoms. The van der Waals surface area contributed by atoms with Gasteiger partial charge in [0.15, 0.2) is 0 Å². The lowest BCUT2D eigenvalue weighted by Gasteiger charge is -2.54. The van der Waals surface area contributed by atoms with Crippen LogP contribution in [0.4, 0.5) is 0 Å². The van der Waals surface area contributed by atoms with Crippen molar-refractivity contribution in [1.29, 1.82) is 0 Å². The van der Waals surface area contributed by atoms with Crippen LogP contribution in [0.1, 0.15) is 44.1 Å². The molecular weight excluding hydrogens is 310 g/mol. The maximum atomic E-state index is 13.2. The van der Waals surface area contributed by atoms with Gasteiger partial charge in [-0.1, -0.05) is 18.2 Å². The lowest BCUT2D eigenvalue weighted by Crippen LogP contribution is -2.52. The van der Waals surface area contributed by atoms with Crippen LogP contribution >= 0.6 is 0 Å². The van der Waals surface area contributed by atoms with Gasteiger partial charge in [-0.15, -0.1) is 0 Å². The van der Waals surface area contributed by atoms with Crippen LogP contribution in [0, 0.1) is 29.6 Å². The van der Waals surface area contributed by atoms with E-state index in [1.54, 1.807) is 12.1 Å². The number of aromatic hydroxyl groups is 1. The molecule has 4 saturated carbocycles. The molecule has 0 aromatic heterocycles. The highest BCUT2D eigenvalue weighted by Gasteiger charge is 2.51. The van der Waals surface area contributed by atoms with Crippen molar-refractivity contribution in [1.82, 2.24) is 4.90 Å². The van der Waals surface area contributed by atoms with E-state index >= 15 is 0 Å². The molecule has 0 atom stereocenters. The third-order valence-electron chi connectivity index (χ3n) is 7.27. The number of phenolic OH excluding ortho intramolecular Hbond substituents is 1. The third kappa shape index (κ3) is 2.68. The minimum Gasteiger partial charge on any atom is -0.508 e. The predicted molar refractivity (Wildman–Crippen MR) is 97.8 cm³/mol. The molecule has 1 aliphatic heterocycles. The Morgan fingerprint density at radius 3 is 2.16 bits per heavy atom. The van der Waals surface area contributed by atoms with Crippen LogP contribution in [0.5, 0.6) is 5.75 Å². The summed E-state index contributed by atoms with van der Waals surface area (Å²) >= 11 is 0. The van der Waals surface area contributed by atoms with Gasteiger partial charge in [-0.25, -0.2) is 0 Å². The van der Waals surface area contributed by atoms with E-state index in [4.69, 9.17) is 0 Å². The first-order valence-electron chi connectivity index (χ1n) is 9.94. The second-order valence-electron chi connectivity index (χ2n) is 8.77. The van der Waals surface area contributed by atoms with Crippen molar-refractivity contribution in [3.05, 3.63) is 35.9 Å². The van der Waals surface area contributed by atoms with Crippen molar-refractivity contribution in [3.63, 3.8) is 0 Å². The SMILES string of the molecule is O=C(C1C2CC3CC(C2)CC1C3)N1CC=C(c2ccc(O)cc2)CC1. The van der Waals surface area contributed by atoms with Crippen LogP contribution in [0.25, 0.3) is 5.57 Å². The number of carbonyl (C=O) groups is 1. The number of rotatable bonds is 2. The molecule has 4 aliphatic carbocycles. The van der Waals surface area contributed by atoms with Crippen molar-refractivity contribution in [2.24, 2.45) is 29.6 Å². The Kier molecular flexibility index (Phi) is 3.65. The average Bonchev–Trinajstić information content (AvgIpc) is 2.61. The van der Waals surface area contributed by atoms with Crippen molar-refractivity contribution in [2.75, 3.05) is 13.1 Å². The maximum Gasteiger partial charge on any atom is 0.226 e. The van der Waals surface area contributed by atoms with Crippen LogP contribution in [-0.4, -0.2) is 29.0 Å². The molecule has 6 rings (SSSR count). The molecule has 1 amide bonds. The van der Waals surface area contributed by atoms with Crippen LogP contribution in [0.15, 0.2) is 30.3 Å². The summed E-state index contributed by atoms with van der Waals surface area (Å²) in [7, 11) is 0. The summed E-state index contributed by atoms with van der Waals surface area (Å²) in [5, 5.41) is 9.44. The monoisotopic (exact) mass is 337 g/mol. The second-order valence-corrected chi connectivity index (χ2v) is 8.77. The molecule has 25 heavy (non-hydrogen) atoms. The molecule has 4 bridgehead atoms. The highest BCUT2D eigenvalue weighted by Crippen LogP contribution is 2.56. The fourth-order valence-corrected chi connectivity index (χ4v) is 6.35. The van der Waals surface area contributed by atoms with E-state index < -0.39 is 0 Å². The molecule has 3 heteroatoms. The number of benzene rings is 1. The van der Waals surface area contributed by atoms with Gasteiger partial charge in [-0.05, 0) is 85.5 Å². The van der Waals surface area contributed by atoms with Crippen LogP contribution in [0.3, 0.4) is 0 Å². The summed E-state index contributed by atoms with van der Waals surface area (Å²) < 4.78 is 0. The van der Waals surface area contributed by atoms with Gasteiger partial charge in [0.05, 0.1) is 0 Å². The Morgan fingerprint density at radius 1 is 0.960 bits per heavy atom. The number of nitrogens with zero attached hydrogens (tertiary/aromatic N) is 1. The Labute approximate surface area is 149 Å². The second kappa shape index (κ2) is 5.89. The molecule has 5 aliphatic rings. The molecule has 4 fully saturated rings. The maximum absolute atomic E-state index is 13.2. The molecule has 1 N–H and O–H groups in total. The topological polar surface area (TPSA) is 40.5 Å². The van der Waals surface area contributed by atoms with Crippen molar-refractivity contribution < 1.29 is 9.90 Å². The van der Waals surface area contributed by atoms with Gasteiger partial charge < -0.3 is 10.0 Å². The van der Waals surface area contributed by atoms with Crippen molar-refractivity contribution in [3.8, 4) is 5.75 Å². The fraction of sp³-hybridized carbons (Fsp3) is 0.591. The molecular formula is C22H27NO2. The Bertz CT molecular complexity index is 677. The Morgan fingerprint density at radius 2 is 1.60 bits per heavy atom.